The number of ether oxygens (including phenoxy) is 1. The molecule has 1 saturated heterocycles. The van der Waals surface area contributed by atoms with E-state index in [1.165, 1.54) is 0 Å². The zero-order valence-electron chi connectivity index (χ0n) is 9.41. The zero-order chi connectivity index (χ0) is 11.8. The van der Waals surface area contributed by atoms with Crippen LogP contribution >= 0.6 is 0 Å². The van der Waals surface area contributed by atoms with Crippen LogP contribution in [0.5, 0.6) is 0 Å². The van der Waals surface area contributed by atoms with Gasteiger partial charge in [0.1, 0.15) is 5.60 Å². The fourth-order valence-corrected chi connectivity index (χ4v) is 1.59. The lowest BCUT2D eigenvalue weighted by Crippen LogP contribution is -2.22. The number of hydrogen-bond donors (Lipinski definition) is 0. The highest BCUT2D eigenvalue weighted by Crippen LogP contribution is 2.29. The molecule has 3 heteroatoms. The van der Waals surface area contributed by atoms with Gasteiger partial charge in [-0.1, -0.05) is 18.2 Å². The third-order valence-electron chi connectivity index (χ3n) is 2.91. The van der Waals surface area contributed by atoms with E-state index >= 15 is 0 Å². The lowest BCUT2D eigenvalue weighted by Gasteiger charge is -2.06. The van der Waals surface area contributed by atoms with Crippen molar-refractivity contribution in [3.05, 3.63) is 40.7 Å². The lowest BCUT2D eigenvalue weighted by atomic mass is 9.98. The second kappa shape index (κ2) is 3.73. The molecule has 0 saturated carbocycles. The van der Waals surface area contributed by atoms with Crippen LogP contribution in [0.3, 0.4) is 0 Å². The minimum Gasteiger partial charge on any atom is -0.362 e. The molecule has 0 unspecified atom stereocenters. The molecule has 1 heterocycles. The third kappa shape index (κ3) is 1.98. The first-order chi connectivity index (χ1) is 7.55. The minimum absolute atomic E-state index is 0.113. The van der Waals surface area contributed by atoms with Crippen molar-refractivity contribution in [2.24, 2.45) is 0 Å². The molecule has 1 aliphatic rings. The van der Waals surface area contributed by atoms with Crippen LogP contribution in [-0.4, -0.2) is 18.0 Å². The SMILES string of the molecule is [C-]#[N+]c1ccc(CC(=O)[C@]2(C)CO2)cc1C. The molecule has 0 radical (unpaired) electrons. The molecule has 1 aromatic rings. The van der Waals surface area contributed by atoms with E-state index in [-0.39, 0.29) is 5.78 Å². The van der Waals surface area contributed by atoms with E-state index in [1.807, 2.05) is 26.0 Å². The molecule has 1 atom stereocenters. The van der Waals surface area contributed by atoms with Gasteiger partial charge < -0.3 is 4.74 Å². The Morgan fingerprint density at radius 2 is 2.31 bits per heavy atom. The Morgan fingerprint density at radius 1 is 1.62 bits per heavy atom. The molecule has 0 N–H and O–H groups in total. The lowest BCUT2D eigenvalue weighted by molar-refractivity contribution is -0.122. The van der Waals surface area contributed by atoms with Crippen LogP contribution in [-0.2, 0) is 16.0 Å². The van der Waals surface area contributed by atoms with Crippen molar-refractivity contribution in [1.29, 1.82) is 0 Å². The van der Waals surface area contributed by atoms with Gasteiger partial charge in [-0.2, -0.15) is 0 Å². The maximum absolute atomic E-state index is 11.8. The molecule has 16 heavy (non-hydrogen) atoms. The molecular weight excluding hydrogens is 202 g/mol. The number of rotatable bonds is 3. The van der Waals surface area contributed by atoms with Crippen molar-refractivity contribution in [3.8, 4) is 0 Å². The van der Waals surface area contributed by atoms with Gasteiger partial charge in [0.15, 0.2) is 11.5 Å². The quantitative estimate of drug-likeness (QED) is 0.573. The predicted octanol–water partition coefficient (Wildman–Crippen LogP) is 2.45. The van der Waals surface area contributed by atoms with Gasteiger partial charge in [0.25, 0.3) is 0 Å². The summed E-state index contributed by atoms with van der Waals surface area (Å²) in [6, 6.07) is 5.50. The Balaban J connectivity index is 2.14. The smallest absolute Gasteiger partial charge is 0.190 e. The number of Topliss-reactive ketones (excluding diaryl/α,β-unsaturated/α-hetero) is 1. The fourth-order valence-electron chi connectivity index (χ4n) is 1.59. The summed E-state index contributed by atoms with van der Waals surface area (Å²) in [4.78, 5) is 15.2. The van der Waals surface area contributed by atoms with E-state index in [1.54, 1.807) is 6.07 Å². The van der Waals surface area contributed by atoms with Gasteiger partial charge in [-0.25, -0.2) is 4.85 Å². The van der Waals surface area contributed by atoms with Crippen molar-refractivity contribution >= 4 is 11.5 Å². The monoisotopic (exact) mass is 215 g/mol. The molecule has 1 aromatic carbocycles. The van der Waals surface area contributed by atoms with E-state index in [0.717, 1.165) is 11.1 Å². The maximum Gasteiger partial charge on any atom is 0.190 e. The minimum atomic E-state index is -0.549. The number of benzene rings is 1. The molecule has 1 aliphatic heterocycles. The van der Waals surface area contributed by atoms with E-state index in [4.69, 9.17) is 11.3 Å². The number of carbonyl (C=O) groups excluding carboxylic acids is 1. The van der Waals surface area contributed by atoms with Crippen LogP contribution in [0.25, 0.3) is 4.85 Å². The number of carbonyl (C=O) groups is 1. The van der Waals surface area contributed by atoms with Crippen LogP contribution in [0.2, 0.25) is 0 Å². The average molecular weight is 215 g/mol. The normalized spacial score (nSPS) is 22.6. The number of nitrogens with zero attached hydrogens (tertiary/aromatic N) is 1. The number of epoxide rings is 1. The summed E-state index contributed by atoms with van der Waals surface area (Å²) in [6.07, 6.45) is 0.385. The second-order valence-electron chi connectivity index (χ2n) is 4.35. The van der Waals surface area contributed by atoms with E-state index in [9.17, 15) is 4.79 Å². The first-order valence-electron chi connectivity index (χ1n) is 5.19. The standard InChI is InChI=1S/C13H13NO2/c1-9-6-10(4-5-11(9)14-3)7-12(15)13(2)8-16-13/h4-6H,7-8H2,1-2H3/t13-/m0/s1. The van der Waals surface area contributed by atoms with Gasteiger partial charge in [0.2, 0.25) is 0 Å². The van der Waals surface area contributed by atoms with Gasteiger partial charge in [-0.3, -0.25) is 4.79 Å². The Bertz CT molecular complexity index is 481. The summed E-state index contributed by atoms with van der Waals surface area (Å²) in [5.41, 5.74) is 1.96. The van der Waals surface area contributed by atoms with Crippen molar-refractivity contribution in [2.45, 2.75) is 25.9 Å². The molecule has 0 spiro atoms. The molecule has 3 nitrogen and oxygen atoms in total. The molecule has 0 aromatic heterocycles. The van der Waals surface area contributed by atoms with Crippen LogP contribution in [0.4, 0.5) is 5.69 Å². The summed E-state index contributed by atoms with van der Waals surface area (Å²) in [7, 11) is 0. The summed E-state index contributed by atoms with van der Waals surface area (Å²) in [6.45, 7) is 11.2. The highest BCUT2D eigenvalue weighted by Gasteiger charge is 2.46. The van der Waals surface area contributed by atoms with E-state index < -0.39 is 5.60 Å². The highest BCUT2D eigenvalue weighted by molar-refractivity contribution is 5.91. The van der Waals surface area contributed by atoms with Crippen LogP contribution in [0.15, 0.2) is 18.2 Å². The van der Waals surface area contributed by atoms with Crippen molar-refractivity contribution in [3.63, 3.8) is 0 Å². The number of hydrogen-bond acceptors (Lipinski definition) is 2. The van der Waals surface area contributed by atoms with Crippen LogP contribution in [0.1, 0.15) is 18.1 Å². The van der Waals surface area contributed by atoms with Gasteiger partial charge in [0.05, 0.1) is 13.2 Å². The maximum atomic E-state index is 11.8. The fraction of sp³-hybridized carbons (Fsp3) is 0.385. The molecule has 2 rings (SSSR count). The van der Waals surface area contributed by atoms with Gasteiger partial charge in [-0.05, 0) is 25.0 Å². The first kappa shape index (κ1) is 10.8. The van der Waals surface area contributed by atoms with Gasteiger partial charge in [-0.15, -0.1) is 0 Å². The summed E-state index contributed by atoms with van der Waals surface area (Å²) in [5.74, 6) is 0.113. The summed E-state index contributed by atoms with van der Waals surface area (Å²) in [5, 5.41) is 0. The molecule has 82 valence electrons. The van der Waals surface area contributed by atoms with Gasteiger partial charge in [0, 0.05) is 6.42 Å². The Labute approximate surface area is 94.9 Å². The zero-order valence-corrected chi connectivity index (χ0v) is 9.41. The first-order valence-corrected chi connectivity index (χ1v) is 5.19. The Kier molecular flexibility index (Phi) is 2.53. The Morgan fingerprint density at radius 3 is 2.81 bits per heavy atom. The van der Waals surface area contributed by atoms with Crippen LogP contribution < -0.4 is 0 Å². The Hall–Kier alpha value is -1.66. The molecule has 0 bridgehead atoms. The number of ketones is 1. The average Bonchev–Trinajstić information content (AvgIpc) is 2.98. The molecule has 1 fully saturated rings. The molecule has 0 aliphatic carbocycles. The molecular formula is C13H13NO2. The summed E-state index contributed by atoms with van der Waals surface area (Å²) >= 11 is 0. The molecule has 0 amide bonds. The predicted molar refractivity (Wildman–Crippen MR) is 60.5 cm³/mol. The third-order valence-corrected chi connectivity index (χ3v) is 2.91. The van der Waals surface area contributed by atoms with Gasteiger partial charge >= 0.3 is 0 Å². The number of aryl methyl sites for hydroxylation is 1. The largest absolute Gasteiger partial charge is 0.362 e. The van der Waals surface area contributed by atoms with Crippen molar-refractivity contribution in [1.82, 2.24) is 0 Å². The topological polar surface area (TPSA) is 34.0 Å². The second-order valence-corrected chi connectivity index (χ2v) is 4.35. The summed E-state index contributed by atoms with van der Waals surface area (Å²) < 4.78 is 5.11. The van der Waals surface area contributed by atoms with Crippen molar-refractivity contribution < 1.29 is 9.53 Å². The van der Waals surface area contributed by atoms with E-state index in [0.29, 0.717) is 18.7 Å². The van der Waals surface area contributed by atoms with Crippen molar-refractivity contribution in [2.75, 3.05) is 6.61 Å². The van der Waals surface area contributed by atoms with E-state index in [2.05, 4.69) is 4.85 Å². The highest BCUT2D eigenvalue weighted by atomic mass is 16.6. The van der Waals surface area contributed by atoms with Crippen LogP contribution in [0, 0.1) is 13.5 Å².